The first kappa shape index (κ1) is 9.85. The van der Waals surface area contributed by atoms with E-state index in [1.165, 1.54) is 0 Å². The zero-order valence-electron chi connectivity index (χ0n) is 6.29. The van der Waals surface area contributed by atoms with E-state index in [4.69, 9.17) is 20.4 Å². The first-order chi connectivity index (χ1) is 5.51. The van der Waals surface area contributed by atoms with Crippen LogP contribution in [0.4, 0.5) is 0 Å². The van der Waals surface area contributed by atoms with Crippen LogP contribution in [-0.2, 0) is 4.74 Å². The molecule has 1 aliphatic rings. The van der Waals surface area contributed by atoms with Gasteiger partial charge in [0.25, 0.3) is 0 Å². The Morgan fingerprint density at radius 2 is 1.92 bits per heavy atom. The Morgan fingerprint density at radius 1 is 1.33 bits per heavy atom. The lowest BCUT2D eigenvalue weighted by Crippen LogP contribution is -2.62. The lowest BCUT2D eigenvalue weighted by atomic mass is 9.98. The maximum atomic E-state index is 9.24. The van der Waals surface area contributed by atoms with Crippen molar-refractivity contribution in [1.82, 2.24) is 0 Å². The minimum absolute atomic E-state index is 0.324. The molecule has 0 aliphatic carbocycles. The lowest BCUT2D eigenvalue weighted by Gasteiger charge is -2.40. The molecule has 5 N–H and O–H groups in total. The molecule has 72 valence electrons. The molecule has 0 radical (unpaired) electrons. The zero-order chi connectivity index (χ0) is 9.35. The van der Waals surface area contributed by atoms with Crippen molar-refractivity contribution in [2.45, 2.75) is 24.1 Å². The minimum Gasteiger partial charge on any atom is -0.391 e. The maximum Gasteiger partial charge on any atom is 0.218 e. The van der Waals surface area contributed by atoms with Gasteiger partial charge in [-0.2, -0.15) is 0 Å². The van der Waals surface area contributed by atoms with E-state index in [-0.39, 0.29) is 6.61 Å². The fraction of sp³-hybridized carbons (Fsp3) is 1.00. The van der Waals surface area contributed by atoms with Gasteiger partial charge in [0, 0.05) is 0 Å². The molecule has 1 rings (SSSR count). The van der Waals surface area contributed by atoms with E-state index in [9.17, 15) is 5.11 Å². The third kappa shape index (κ3) is 1.45. The molecule has 0 spiro atoms. The van der Waals surface area contributed by atoms with Crippen LogP contribution in [0.3, 0.4) is 0 Å². The van der Waals surface area contributed by atoms with Crippen molar-refractivity contribution in [3.05, 3.63) is 0 Å². The topological polar surface area (TPSA) is 110 Å². The summed E-state index contributed by atoms with van der Waals surface area (Å²) < 4.78 is 4.56. The number of hydrogen-bond donors (Lipinski definition) is 5. The fourth-order valence-corrected chi connectivity index (χ4v) is 1.03. The highest BCUT2D eigenvalue weighted by Crippen LogP contribution is 2.22. The molecular formula is C6H12O6. The Balaban J connectivity index is 2.71. The van der Waals surface area contributed by atoms with Gasteiger partial charge in [-0.1, -0.05) is 0 Å². The summed E-state index contributed by atoms with van der Waals surface area (Å²) in [4.78, 5) is 0. The fourth-order valence-electron chi connectivity index (χ4n) is 1.03. The van der Waals surface area contributed by atoms with Crippen LogP contribution in [0.25, 0.3) is 0 Å². The molecule has 0 amide bonds. The van der Waals surface area contributed by atoms with Gasteiger partial charge in [0.1, 0.15) is 18.3 Å². The van der Waals surface area contributed by atoms with Crippen LogP contribution >= 0.6 is 0 Å². The second kappa shape index (κ2) is 3.25. The van der Waals surface area contributed by atoms with Crippen molar-refractivity contribution in [1.29, 1.82) is 0 Å². The van der Waals surface area contributed by atoms with Crippen molar-refractivity contribution in [2.75, 3.05) is 13.2 Å². The molecule has 6 nitrogen and oxygen atoms in total. The van der Waals surface area contributed by atoms with E-state index in [0.717, 1.165) is 0 Å². The standard InChI is InChI=1S/C6H12O6/c7-2-6(11)5(10)4(9)3(8)1-12-6/h3-5,7-11H,1-2H2/t3-,4+,5-,6?/m0/s1. The smallest absolute Gasteiger partial charge is 0.218 e. The van der Waals surface area contributed by atoms with Gasteiger partial charge in [0.15, 0.2) is 0 Å². The first-order valence-corrected chi connectivity index (χ1v) is 3.52. The van der Waals surface area contributed by atoms with Crippen LogP contribution in [-0.4, -0.2) is 62.8 Å². The van der Waals surface area contributed by atoms with Crippen molar-refractivity contribution in [3.8, 4) is 0 Å². The Bertz CT molecular complexity index is 162. The van der Waals surface area contributed by atoms with Gasteiger partial charge in [0.05, 0.1) is 13.2 Å². The van der Waals surface area contributed by atoms with Crippen LogP contribution in [0, 0.1) is 0 Å². The van der Waals surface area contributed by atoms with Gasteiger partial charge in [-0.3, -0.25) is 0 Å². The van der Waals surface area contributed by atoms with Crippen molar-refractivity contribution in [2.24, 2.45) is 0 Å². The molecule has 0 saturated carbocycles. The van der Waals surface area contributed by atoms with Crippen molar-refractivity contribution >= 4 is 0 Å². The molecule has 0 aromatic carbocycles. The monoisotopic (exact) mass is 180 g/mol. The van der Waals surface area contributed by atoms with Gasteiger partial charge in [-0.05, 0) is 0 Å². The largest absolute Gasteiger partial charge is 0.391 e. The van der Waals surface area contributed by atoms with Crippen LogP contribution in [0.5, 0.6) is 0 Å². The third-order valence-electron chi connectivity index (χ3n) is 1.91. The highest BCUT2D eigenvalue weighted by Gasteiger charge is 2.47. The number of hydrogen-bond acceptors (Lipinski definition) is 6. The average molecular weight is 180 g/mol. The van der Waals surface area contributed by atoms with Crippen LogP contribution in [0.1, 0.15) is 0 Å². The molecule has 1 fully saturated rings. The highest BCUT2D eigenvalue weighted by molar-refractivity contribution is 4.90. The molecule has 1 unspecified atom stereocenters. The van der Waals surface area contributed by atoms with E-state index in [1.54, 1.807) is 0 Å². The molecule has 6 heteroatoms. The highest BCUT2D eigenvalue weighted by atomic mass is 16.7. The Hall–Kier alpha value is -0.240. The number of rotatable bonds is 1. The van der Waals surface area contributed by atoms with E-state index in [2.05, 4.69) is 4.74 Å². The summed E-state index contributed by atoms with van der Waals surface area (Å²) in [5.74, 6) is -2.17. The van der Waals surface area contributed by atoms with E-state index in [0.29, 0.717) is 0 Å². The normalized spacial score (nSPS) is 49.2. The van der Waals surface area contributed by atoms with Gasteiger partial charge in [0.2, 0.25) is 5.79 Å². The zero-order valence-corrected chi connectivity index (χ0v) is 6.29. The predicted octanol–water partition coefficient (Wildman–Crippen LogP) is -3.22. The first-order valence-electron chi connectivity index (χ1n) is 3.52. The summed E-state index contributed by atoms with van der Waals surface area (Å²) >= 11 is 0. The third-order valence-corrected chi connectivity index (χ3v) is 1.91. The molecular weight excluding hydrogens is 168 g/mol. The Morgan fingerprint density at radius 3 is 2.42 bits per heavy atom. The van der Waals surface area contributed by atoms with Crippen LogP contribution in [0.15, 0.2) is 0 Å². The van der Waals surface area contributed by atoms with Crippen molar-refractivity contribution in [3.63, 3.8) is 0 Å². The SMILES string of the molecule is OCC1(O)OC[C@H](O)[C@@H](O)[C@@H]1O. The molecule has 0 aromatic rings. The molecule has 0 aromatic heterocycles. The second-order valence-corrected chi connectivity index (χ2v) is 2.82. The van der Waals surface area contributed by atoms with Crippen LogP contribution < -0.4 is 0 Å². The molecule has 12 heavy (non-hydrogen) atoms. The molecule has 0 bridgehead atoms. The maximum absolute atomic E-state index is 9.24. The van der Waals surface area contributed by atoms with Gasteiger partial charge in [-0.25, -0.2) is 0 Å². The summed E-state index contributed by atoms with van der Waals surface area (Å²) in [7, 11) is 0. The van der Waals surface area contributed by atoms with E-state index in [1.807, 2.05) is 0 Å². The van der Waals surface area contributed by atoms with Gasteiger partial charge < -0.3 is 30.3 Å². The summed E-state index contributed by atoms with van der Waals surface area (Å²) in [6.45, 7) is -1.16. The summed E-state index contributed by atoms with van der Waals surface area (Å²) in [6, 6.07) is 0. The Kier molecular flexibility index (Phi) is 2.67. The summed E-state index contributed by atoms with van der Waals surface area (Å²) in [6.07, 6.45) is -4.45. The average Bonchev–Trinajstić information content (AvgIpc) is 2.09. The second-order valence-electron chi connectivity index (χ2n) is 2.82. The lowest BCUT2D eigenvalue weighted by molar-refractivity contribution is -0.331. The summed E-state index contributed by atoms with van der Waals surface area (Å²) in [5.41, 5.74) is 0. The number of aliphatic hydroxyl groups is 5. The number of ether oxygens (including phenoxy) is 1. The van der Waals surface area contributed by atoms with Crippen LogP contribution in [0.2, 0.25) is 0 Å². The van der Waals surface area contributed by atoms with Crippen molar-refractivity contribution < 1.29 is 30.3 Å². The summed E-state index contributed by atoms with van der Waals surface area (Å²) in [5, 5.41) is 45.0. The molecule has 1 aliphatic heterocycles. The molecule has 1 heterocycles. The van der Waals surface area contributed by atoms with Gasteiger partial charge >= 0.3 is 0 Å². The number of aliphatic hydroxyl groups excluding tert-OH is 4. The van der Waals surface area contributed by atoms with E-state index < -0.39 is 30.7 Å². The molecule has 4 atom stereocenters. The van der Waals surface area contributed by atoms with E-state index >= 15 is 0 Å². The Labute approximate surface area is 68.6 Å². The molecule has 1 saturated heterocycles. The minimum atomic E-state index is -2.17. The van der Waals surface area contributed by atoms with Gasteiger partial charge in [-0.15, -0.1) is 0 Å². The quantitative estimate of drug-likeness (QED) is 0.290. The predicted molar refractivity (Wildman–Crippen MR) is 36.0 cm³/mol.